The van der Waals surface area contributed by atoms with Crippen molar-refractivity contribution in [1.29, 1.82) is 0 Å². The first-order valence-electron chi connectivity index (χ1n) is 11.4. The fourth-order valence-corrected chi connectivity index (χ4v) is 4.25. The summed E-state index contributed by atoms with van der Waals surface area (Å²) in [7, 11) is 4.14. The summed E-state index contributed by atoms with van der Waals surface area (Å²) < 4.78 is 0. The highest BCUT2D eigenvalue weighted by Gasteiger charge is 2.21. The maximum absolute atomic E-state index is 12.8. The van der Waals surface area contributed by atoms with Gasteiger partial charge in [0, 0.05) is 51.0 Å². The summed E-state index contributed by atoms with van der Waals surface area (Å²) in [5.74, 6) is 0.263. The molecule has 1 heterocycles. The number of nitrogens with one attached hydrogen (secondary N) is 1. The van der Waals surface area contributed by atoms with Gasteiger partial charge in [-0.05, 0) is 48.5 Å². The Kier molecular flexibility index (Phi) is 7.15. The van der Waals surface area contributed by atoms with Gasteiger partial charge in [0.2, 0.25) is 0 Å². The molecule has 1 aliphatic rings. The molecule has 1 fully saturated rings. The predicted octanol–water partition coefficient (Wildman–Crippen LogP) is 4.15. The summed E-state index contributed by atoms with van der Waals surface area (Å²) >= 11 is 0. The van der Waals surface area contributed by atoms with E-state index >= 15 is 0 Å². The summed E-state index contributed by atoms with van der Waals surface area (Å²) in [6.07, 6.45) is 0. The molecular weight excluding hydrogens is 412 g/mol. The van der Waals surface area contributed by atoms with E-state index in [1.54, 1.807) is 12.1 Å². The number of nitrogens with zero attached hydrogens (tertiary/aromatic N) is 3. The molecule has 1 aliphatic heterocycles. The van der Waals surface area contributed by atoms with E-state index in [1.165, 1.54) is 5.56 Å². The van der Waals surface area contributed by atoms with Crippen LogP contribution in [-0.4, -0.2) is 61.2 Å². The van der Waals surface area contributed by atoms with Crippen molar-refractivity contribution in [1.82, 2.24) is 15.1 Å². The van der Waals surface area contributed by atoms with Crippen molar-refractivity contribution in [3.05, 3.63) is 83.9 Å². The van der Waals surface area contributed by atoms with Crippen LogP contribution in [0.2, 0.25) is 0 Å². The number of rotatable bonds is 6. The van der Waals surface area contributed by atoms with Crippen molar-refractivity contribution >= 4 is 11.7 Å². The van der Waals surface area contributed by atoms with Gasteiger partial charge in [-0.15, -0.1) is 0 Å². The number of hydrogen-bond donors (Lipinski definition) is 2. The summed E-state index contributed by atoms with van der Waals surface area (Å²) in [4.78, 5) is 19.0. The lowest BCUT2D eigenvalue weighted by atomic mass is 9.98. The van der Waals surface area contributed by atoms with Crippen LogP contribution in [0.3, 0.4) is 0 Å². The van der Waals surface area contributed by atoms with Gasteiger partial charge in [0.15, 0.2) is 0 Å². The van der Waals surface area contributed by atoms with E-state index in [0.717, 1.165) is 42.0 Å². The lowest BCUT2D eigenvalue weighted by Crippen LogP contribution is -2.51. The predicted molar refractivity (Wildman–Crippen MR) is 133 cm³/mol. The topological polar surface area (TPSA) is 59.1 Å². The summed E-state index contributed by atoms with van der Waals surface area (Å²) in [5.41, 5.74) is 5.66. The van der Waals surface area contributed by atoms with E-state index in [1.807, 2.05) is 29.2 Å². The van der Waals surface area contributed by atoms with Crippen LogP contribution in [0.15, 0.2) is 72.8 Å². The fourth-order valence-electron chi connectivity index (χ4n) is 4.25. The Hall–Kier alpha value is -3.51. The number of urea groups is 1. The molecule has 0 aliphatic carbocycles. The minimum absolute atomic E-state index is 0.0401. The lowest BCUT2D eigenvalue weighted by molar-refractivity contribution is 0.194. The third-order valence-corrected chi connectivity index (χ3v) is 5.97. The maximum Gasteiger partial charge on any atom is 0.317 e. The zero-order valence-electron chi connectivity index (χ0n) is 19.4. The molecule has 0 bridgehead atoms. The number of carbonyl (C=O) groups excluding carboxylic acids is 1. The van der Waals surface area contributed by atoms with E-state index in [9.17, 15) is 9.90 Å². The largest absolute Gasteiger partial charge is 0.508 e. The van der Waals surface area contributed by atoms with Crippen molar-refractivity contribution in [2.45, 2.75) is 13.1 Å². The monoisotopic (exact) mass is 444 g/mol. The molecule has 4 rings (SSSR count). The molecule has 0 aromatic heterocycles. The minimum Gasteiger partial charge on any atom is -0.508 e. The van der Waals surface area contributed by atoms with Crippen molar-refractivity contribution in [2.75, 3.05) is 45.2 Å². The number of anilines is 1. The maximum atomic E-state index is 12.8. The van der Waals surface area contributed by atoms with Crippen LogP contribution in [0.5, 0.6) is 5.75 Å². The second-order valence-corrected chi connectivity index (χ2v) is 8.74. The second kappa shape index (κ2) is 10.4. The van der Waals surface area contributed by atoms with Crippen LogP contribution in [-0.2, 0) is 13.1 Å². The lowest BCUT2D eigenvalue weighted by Gasteiger charge is -2.36. The van der Waals surface area contributed by atoms with Gasteiger partial charge >= 0.3 is 6.03 Å². The first-order chi connectivity index (χ1) is 16.0. The average molecular weight is 445 g/mol. The van der Waals surface area contributed by atoms with Crippen LogP contribution in [0.4, 0.5) is 10.5 Å². The Morgan fingerprint density at radius 3 is 2.36 bits per heavy atom. The van der Waals surface area contributed by atoms with Gasteiger partial charge in [-0.2, -0.15) is 0 Å². The van der Waals surface area contributed by atoms with E-state index in [4.69, 9.17) is 0 Å². The number of hydrogen-bond acceptors (Lipinski definition) is 4. The number of benzene rings is 3. The summed E-state index contributed by atoms with van der Waals surface area (Å²) in [6, 6.07) is 24.1. The summed E-state index contributed by atoms with van der Waals surface area (Å²) in [6.45, 7) is 4.18. The Bertz CT molecular complexity index is 1070. The zero-order valence-corrected chi connectivity index (χ0v) is 19.4. The van der Waals surface area contributed by atoms with Crippen molar-refractivity contribution in [3.63, 3.8) is 0 Å². The Balaban J connectivity index is 1.35. The van der Waals surface area contributed by atoms with Gasteiger partial charge in [-0.1, -0.05) is 54.6 Å². The molecule has 3 aromatic rings. The van der Waals surface area contributed by atoms with E-state index < -0.39 is 0 Å². The first kappa shape index (κ1) is 22.7. The number of phenolic OH excluding ortho intramolecular Hbond substituents is 1. The molecule has 0 saturated carbocycles. The number of piperazine rings is 1. The van der Waals surface area contributed by atoms with Crippen molar-refractivity contribution in [3.8, 4) is 16.9 Å². The quantitative estimate of drug-likeness (QED) is 0.600. The average Bonchev–Trinajstić information content (AvgIpc) is 2.83. The van der Waals surface area contributed by atoms with Crippen LogP contribution >= 0.6 is 0 Å². The van der Waals surface area contributed by atoms with Crippen LogP contribution in [0.25, 0.3) is 11.1 Å². The molecule has 3 aromatic carbocycles. The second-order valence-electron chi connectivity index (χ2n) is 8.74. The molecular formula is C27H32N4O2. The van der Waals surface area contributed by atoms with E-state index in [-0.39, 0.29) is 11.8 Å². The molecule has 2 amide bonds. The Morgan fingerprint density at radius 1 is 0.939 bits per heavy atom. The smallest absolute Gasteiger partial charge is 0.317 e. The number of aromatic hydroxyl groups is 1. The SMILES string of the molecule is CN(C)Cc1ccc(-c2ccccc2CNC(=O)N2CCN(c3cccc(O)c3)CC2)cc1. The van der Waals surface area contributed by atoms with Crippen molar-refractivity contribution in [2.24, 2.45) is 0 Å². The molecule has 0 unspecified atom stereocenters. The summed E-state index contributed by atoms with van der Waals surface area (Å²) in [5, 5.41) is 12.8. The normalized spacial score (nSPS) is 13.9. The molecule has 6 nitrogen and oxygen atoms in total. The van der Waals surface area contributed by atoms with Gasteiger partial charge in [0.1, 0.15) is 5.75 Å². The van der Waals surface area contributed by atoms with Crippen molar-refractivity contribution < 1.29 is 9.90 Å². The highest BCUT2D eigenvalue weighted by molar-refractivity contribution is 5.75. The Morgan fingerprint density at radius 2 is 1.67 bits per heavy atom. The fraction of sp³-hybridized carbons (Fsp3) is 0.296. The van der Waals surface area contributed by atoms with Gasteiger partial charge < -0.3 is 25.1 Å². The van der Waals surface area contributed by atoms with E-state index in [2.05, 4.69) is 65.6 Å². The van der Waals surface area contributed by atoms with Gasteiger partial charge in [-0.3, -0.25) is 0 Å². The van der Waals surface area contributed by atoms with Crippen LogP contribution < -0.4 is 10.2 Å². The molecule has 33 heavy (non-hydrogen) atoms. The molecule has 0 atom stereocenters. The Labute approximate surface area is 196 Å². The molecule has 0 spiro atoms. The molecule has 0 radical (unpaired) electrons. The third-order valence-electron chi connectivity index (χ3n) is 5.97. The first-order valence-corrected chi connectivity index (χ1v) is 11.4. The van der Waals surface area contributed by atoms with Gasteiger partial charge in [0.05, 0.1) is 0 Å². The highest BCUT2D eigenvalue weighted by atomic mass is 16.3. The third kappa shape index (κ3) is 5.84. The molecule has 2 N–H and O–H groups in total. The van der Waals surface area contributed by atoms with Gasteiger partial charge in [-0.25, -0.2) is 4.79 Å². The van der Waals surface area contributed by atoms with E-state index in [0.29, 0.717) is 19.6 Å². The highest BCUT2D eigenvalue weighted by Crippen LogP contribution is 2.25. The number of amides is 2. The molecule has 6 heteroatoms. The van der Waals surface area contributed by atoms with Crippen LogP contribution in [0, 0.1) is 0 Å². The molecule has 1 saturated heterocycles. The zero-order chi connectivity index (χ0) is 23.2. The minimum atomic E-state index is -0.0401. The van der Waals surface area contributed by atoms with Gasteiger partial charge in [0.25, 0.3) is 0 Å². The standard InChI is InChI=1S/C27H32N4O2/c1-29(2)20-21-10-12-22(13-11-21)26-9-4-3-6-23(26)19-28-27(33)31-16-14-30(15-17-31)24-7-5-8-25(32)18-24/h3-13,18,32H,14-17,19-20H2,1-2H3,(H,28,33). The van der Waals surface area contributed by atoms with Crippen LogP contribution in [0.1, 0.15) is 11.1 Å². The number of carbonyl (C=O) groups is 1. The molecule has 172 valence electrons. The number of phenols is 1.